The van der Waals surface area contributed by atoms with Crippen LogP contribution in [-0.2, 0) is 6.42 Å². The quantitative estimate of drug-likeness (QED) is 0.834. The Kier molecular flexibility index (Phi) is 6.10. The second-order valence-electron chi connectivity index (χ2n) is 5.11. The molecule has 108 valence electrons. The normalized spacial score (nSPS) is 9.80. The third-order valence-corrected chi connectivity index (χ3v) is 3.24. The van der Waals surface area contributed by atoms with E-state index in [-0.39, 0.29) is 0 Å². The van der Waals surface area contributed by atoms with E-state index >= 15 is 0 Å². The molecule has 2 rings (SSSR count). The number of benzene rings is 2. The van der Waals surface area contributed by atoms with Gasteiger partial charge in [0.1, 0.15) is 11.5 Å². The number of para-hydroxylation sites is 1. The van der Waals surface area contributed by atoms with Gasteiger partial charge in [-0.25, -0.2) is 0 Å². The SMILES string of the molecule is CCCc1ccc(O)c(C)c1.Cc1cccc(C)c1O. The summed E-state index contributed by atoms with van der Waals surface area (Å²) >= 11 is 0. The predicted molar refractivity (Wildman–Crippen MR) is 84.4 cm³/mol. The number of phenolic OH excluding ortho intramolecular Hbond substituents is 2. The summed E-state index contributed by atoms with van der Waals surface area (Å²) in [6, 6.07) is 11.5. The maximum atomic E-state index is 9.21. The van der Waals surface area contributed by atoms with Crippen LogP contribution in [0, 0.1) is 20.8 Å². The summed E-state index contributed by atoms with van der Waals surface area (Å²) in [6.45, 7) is 7.86. The van der Waals surface area contributed by atoms with Gasteiger partial charge in [-0.05, 0) is 55.5 Å². The van der Waals surface area contributed by atoms with Gasteiger partial charge in [-0.3, -0.25) is 0 Å². The van der Waals surface area contributed by atoms with E-state index in [1.54, 1.807) is 6.07 Å². The minimum Gasteiger partial charge on any atom is -0.508 e. The van der Waals surface area contributed by atoms with E-state index < -0.39 is 0 Å². The van der Waals surface area contributed by atoms with Crippen LogP contribution in [0.2, 0.25) is 0 Å². The molecule has 0 aliphatic rings. The molecular formula is C18H24O2. The van der Waals surface area contributed by atoms with Crippen molar-refractivity contribution in [2.45, 2.75) is 40.5 Å². The molecule has 0 aliphatic carbocycles. The zero-order chi connectivity index (χ0) is 15.1. The van der Waals surface area contributed by atoms with Gasteiger partial charge in [-0.2, -0.15) is 0 Å². The summed E-state index contributed by atoms with van der Waals surface area (Å²) in [7, 11) is 0. The predicted octanol–water partition coefficient (Wildman–Crippen LogP) is 4.66. The molecule has 0 amide bonds. The molecule has 20 heavy (non-hydrogen) atoms. The molecule has 2 nitrogen and oxygen atoms in total. The molecule has 0 heterocycles. The van der Waals surface area contributed by atoms with Gasteiger partial charge in [0.05, 0.1) is 0 Å². The van der Waals surface area contributed by atoms with Gasteiger partial charge in [-0.15, -0.1) is 0 Å². The summed E-state index contributed by atoms with van der Waals surface area (Å²) in [4.78, 5) is 0. The highest BCUT2D eigenvalue weighted by atomic mass is 16.3. The molecule has 0 bridgehead atoms. The molecule has 0 fully saturated rings. The van der Waals surface area contributed by atoms with Crippen LogP contribution in [0.15, 0.2) is 36.4 Å². The Hall–Kier alpha value is -1.96. The van der Waals surface area contributed by atoms with Crippen LogP contribution in [0.3, 0.4) is 0 Å². The lowest BCUT2D eigenvalue weighted by atomic mass is 10.1. The van der Waals surface area contributed by atoms with E-state index in [0.717, 1.165) is 29.5 Å². The lowest BCUT2D eigenvalue weighted by molar-refractivity contribution is 0.467. The summed E-state index contributed by atoms with van der Waals surface area (Å²) < 4.78 is 0. The van der Waals surface area contributed by atoms with Crippen molar-refractivity contribution in [1.82, 2.24) is 0 Å². The molecule has 0 atom stereocenters. The topological polar surface area (TPSA) is 40.5 Å². The van der Waals surface area contributed by atoms with Gasteiger partial charge in [-0.1, -0.05) is 43.7 Å². The lowest BCUT2D eigenvalue weighted by Crippen LogP contribution is -1.83. The number of aromatic hydroxyl groups is 2. The van der Waals surface area contributed by atoms with Crippen molar-refractivity contribution in [3.63, 3.8) is 0 Å². The first kappa shape index (κ1) is 16.1. The second kappa shape index (κ2) is 7.59. The molecule has 0 saturated heterocycles. The highest BCUT2D eigenvalue weighted by Crippen LogP contribution is 2.19. The van der Waals surface area contributed by atoms with Crippen molar-refractivity contribution >= 4 is 0 Å². The van der Waals surface area contributed by atoms with Crippen LogP contribution in [-0.4, -0.2) is 10.2 Å². The molecule has 2 heteroatoms. The van der Waals surface area contributed by atoms with Gasteiger partial charge in [0.25, 0.3) is 0 Å². The molecule has 0 spiro atoms. The Bertz CT molecular complexity index is 539. The maximum absolute atomic E-state index is 9.21. The van der Waals surface area contributed by atoms with Crippen molar-refractivity contribution in [2.75, 3.05) is 0 Å². The second-order valence-corrected chi connectivity index (χ2v) is 5.11. The molecular weight excluding hydrogens is 248 g/mol. The largest absolute Gasteiger partial charge is 0.508 e. The van der Waals surface area contributed by atoms with E-state index in [2.05, 4.69) is 6.92 Å². The monoisotopic (exact) mass is 272 g/mol. The highest BCUT2D eigenvalue weighted by molar-refractivity contribution is 5.38. The van der Waals surface area contributed by atoms with Gasteiger partial charge < -0.3 is 10.2 Å². The molecule has 2 N–H and O–H groups in total. The van der Waals surface area contributed by atoms with Crippen molar-refractivity contribution in [2.24, 2.45) is 0 Å². The highest BCUT2D eigenvalue weighted by Gasteiger charge is 1.96. The molecule has 0 saturated carbocycles. The maximum Gasteiger partial charge on any atom is 0.121 e. The van der Waals surface area contributed by atoms with Crippen molar-refractivity contribution in [1.29, 1.82) is 0 Å². The molecule has 0 aromatic heterocycles. The van der Waals surface area contributed by atoms with Crippen LogP contribution in [0.25, 0.3) is 0 Å². The van der Waals surface area contributed by atoms with E-state index in [1.807, 2.05) is 51.1 Å². The lowest BCUT2D eigenvalue weighted by Gasteiger charge is -2.01. The average molecular weight is 272 g/mol. The minimum absolute atomic E-state index is 0.393. The summed E-state index contributed by atoms with van der Waals surface area (Å²) in [5, 5.41) is 18.4. The van der Waals surface area contributed by atoms with E-state index in [1.165, 1.54) is 5.56 Å². The smallest absolute Gasteiger partial charge is 0.121 e. The van der Waals surface area contributed by atoms with Crippen molar-refractivity contribution in [3.8, 4) is 11.5 Å². The van der Waals surface area contributed by atoms with Gasteiger partial charge in [0, 0.05) is 0 Å². The zero-order valence-electron chi connectivity index (χ0n) is 12.8. The Morgan fingerprint density at radius 1 is 0.850 bits per heavy atom. The van der Waals surface area contributed by atoms with Crippen molar-refractivity contribution in [3.05, 3.63) is 58.7 Å². The Morgan fingerprint density at radius 3 is 1.90 bits per heavy atom. The van der Waals surface area contributed by atoms with Gasteiger partial charge in [0.15, 0.2) is 0 Å². The summed E-state index contributed by atoms with van der Waals surface area (Å²) in [5.41, 5.74) is 4.16. The molecule has 2 aromatic rings. The third kappa shape index (κ3) is 4.61. The number of hydrogen-bond donors (Lipinski definition) is 2. The standard InChI is InChI=1S/C10H14O.C8H10O/c1-3-4-9-5-6-10(11)8(2)7-9;1-6-4-3-5-7(2)8(6)9/h5-7,11H,3-4H2,1-2H3;3-5,9H,1-2H3. The van der Waals surface area contributed by atoms with E-state index in [9.17, 15) is 10.2 Å². The number of phenols is 2. The first-order valence-electron chi connectivity index (χ1n) is 6.99. The summed E-state index contributed by atoms with van der Waals surface area (Å²) in [6.07, 6.45) is 2.26. The fraction of sp³-hybridized carbons (Fsp3) is 0.333. The van der Waals surface area contributed by atoms with Crippen LogP contribution in [0.1, 0.15) is 35.6 Å². The zero-order valence-corrected chi connectivity index (χ0v) is 12.8. The summed E-state index contributed by atoms with van der Waals surface area (Å²) in [5.74, 6) is 0.808. The third-order valence-electron chi connectivity index (χ3n) is 3.24. The number of rotatable bonds is 2. The minimum atomic E-state index is 0.393. The van der Waals surface area contributed by atoms with Crippen LogP contribution in [0.4, 0.5) is 0 Å². The Balaban J connectivity index is 0.000000204. The van der Waals surface area contributed by atoms with Crippen LogP contribution < -0.4 is 0 Å². The first-order valence-corrected chi connectivity index (χ1v) is 6.99. The Labute approximate surface area is 121 Å². The fourth-order valence-corrected chi connectivity index (χ4v) is 1.97. The van der Waals surface area contributed by atoms with Gasteiger partial charge in [0.2, 0.25) is 0 Å². The van der Waals surface area contributed by atoms with Crippen LogP contribution >= 0.6 is 0 Å². The molecule has 0 aliphatic heterocycles. The molecule has 0 radical (unpaired) electrons. The van der Waals surface area contributed by atoms with E-state index in [4.69, 9.17) is 0 Å². The van der Waals surface area contributed by atoms with Crippen molar-refractivity contribution < 1.29 is 10.2 Å². The fourth-order valence-electron chi connectivity index (χ4n) is 1.97. The first-order chi connectivity index (χ1) is 9.45. The van der Waals surface area contributed by atoms with Crippen LogP contribution in [0.5, 0.6) is 11.5 Å². The van der Waals surface area contributed by atoms with E-state index in [0.29, 0.717) is 11.5 Å². The Morgan fingerprint density at radius 2 is 1.45 bits per heavy atom. The molecule has 2 aromatic carbocycles. The number of hydrogen-bond acceptors (Lipinski definition) is 2. The molecule has 0 unspecified atom stereocenters. The van der Waals surface area contributed by atoms with Gasteiger partial charge >= 0.3 is 0 Å². The average Bonchev–Trinajstić information content (AvgIpc) is 2.41. The number of aryl methyl sites for hydroxylation is 4.